The van der Waals surface area contributed by atoms with Gasteiger partial charge in [0.2, 0.25) is 5.91 Å². The van der Waals surface area contributed by atoms with E-state index in [9.17, 15) is 14.4 Å². The number of esters is 1. The first-order valence-electron chi connectivity index (χ1n) is 9.86. The number of carbonyl (C=O) groups is 3. The Balaban J connectivity index is 1.44. The normalized spacial score (nSPS) is 19.2. The van der Waals surface area contributed by atoms with Crippen LogP contribution >= 0.6 is 0 Å². The van der Waals surface area contributed by atoms with Crippen molar-refractivity contribution in [3.05, 3.63) is 48.5 Å². The molecule has 0 aromatic heterocycles. The van der Waals surface area contributed by atoms with Crippen molar-refractivity contribution in [1.29, 1.82) is 0 Å². The van der Waals surface area contributed by atoms with Gasteiger partial charge in [-0.3, -0.25) is 14.4 Å². The van der Waals surface area contributed by atoms with Crippen LogP contribution in [0.5, 0.6) is 5.75 Å². The molecule has 0 bridgehead atoms. The van der Waals surface area contributed by atoms with Gasteiger partial charge < -0.3 is 19.7 Å². The maximum atomic E-state index is 12.9. The molecule has 8 heteroatoms. The number of morpholine rings is 1. The minimum Gasteiger partial charge on any atom is -0.427 e. The van der Waals surface area contributed by atoms with Crippen LogP contribution in [0.25, 0.3) is 0 Å². The van der Waals surface area contributed by atoms with E-state index in [4.69, 9.17) is 9.47 Å². The highest BCUT2D eigenvalue weighted by atomic mass is 16.5. The number of hydrogen-bond donors (Lipinski definition) is 1. The molecule has 2 fully saturated rings. The summed E-state index contributed by atoms with van der Waals surface area (Å²) in [5.41, 5.74) is 2.26. The quantitative estimate of drug-likeness (QED) is 0.460. The molecule has 0 aliphatic carbocycles. The molecule has 2 amide bonds. The van der Waals surface area contributed by atoms with Gasteiger partial charge in [-0.2, -0.15) is 0 Å². The number of carbonyl (C=O) groups excluding carboxylic acids is 3. The number of nitrogens with one attached hydrogen (secondary N) is 1. The van der Waals surface area contributed by atoms with Crippen LogP contribution < -0.4 is 19.9 Å². The molecule has 0 saturated carbocycles. The Morgan fingerprint density at radius 2 is 1.80 bits per heavy atom. The van der Waals surface area contributed by atoms with Crippen molar-refractivity contribution in [1.82, 2.24) is 0 Å². The number of ether oxygens (including phenoxy) is 2. The molecule has 30 heavy (non-hydrogen) atoms. The lowest BCUT2D eigenvalue weighted by Crippen LogP contribution is -2.36. The van der Waals surface area contributed by atoms with Gasteiger partial charge in [0.05, 0.1) is 25.3 Å². The summed E-state index contributed by atoms with van der Waals surface area (Å²) in [7, 11) is 0. The number of benzene rings is 2. The standard InChI is InChI=1S/C22H23N3O5/c1-15(26)30-19-4-2-3-18(13-19)25-21(27)14-20(22(25)28)23-16-5-7-17(8-6-16)24-9-11-29-12-10-24/h2-8,13,20,23H,9-12,14H2,1H3/t20-/m0/s1. The number of anilines is 3. The monoisotopic (exact) mass is 409 g/mol. The third-order valence-corrected chi connectivity index (χ3v) is 5.07. The van der Waals surface area contributed by atoms with Crippen LogP contribution in [0.4, 0.5) is 17.1 Å². The van der Waals surface area contributed by atoms with E-state index >= 15 is 0 Å². The van der Waals surface area contributed by atoms with E-state index in [2.05, 4.69) is 10.2 Å². The molecule has 2 aromatic carbocycles. The molecule has 0 radical (unpaired) electrons. The molecule has 2 saturated heterocycles. The Kier molecular flexibility index (Phi) is 5.67. The number of amides is 2. The minimum atomic E-state index is -0.649. The molecule has 1 N–H and O–H groups in total. The maximum Gasteiger partial charge on any atom is 0.308 e. The summed E-state index contributed by atoms with van der Waals surface area (Å²) < 4.78 is 10.4. The van der Waals surface area contributed by atoms with Gasteiger partial charge in [-0.1, -0.05) is 6.07 Å². The summed E-state index contributed by atoms with van der Waals surface area (Å²) in [5, 5.41) is 3.16. The second-order valence-corrected chi connectivity index (χ2v) is 7.21. The smallest absolute Gasteiger partial charge is 0.308 e. The zero-order valence-corrected chi connectivity index (χ0v) is 16.7. The molecule has 2 aliphatic heterocycles. The Bertz CT molecular complexity index is 954. The van der Waals surface area contributed by atoms with Gasteiger partial charge in [-0.15, -0.1) is 0 Å². The topological polar surface area (TPSA) is 88.2 Å². The first-order valence-corrected chi connectivity index (χ1v) is 9.86. The summed E-state index contributed by atoms with van der Waals surface area (Å²) in [5.74, 6) is -0.818. The molecule has 0 unspecified atom stereocenters. The van der Waals surface area contributed by atoms with Gasteiger partial charge in [-0.05, 0) is 36.4 Å². The van der Waals surface area contributed by atoms with Gasteiger partial charge in [0.15, 0.2) is 0 Å². The lowest BCUT2D eigenvalue weighted by atomic mass is 10.2. The van der Waals surface area contributed by atoms with Crippen molar-refractivity contribution in [3.8, 4) is 5.75 Å². The first-order chi connectivity index (χ1) is 14.5. The highest BCUT2D eigenvalue weighted by molar-refractivity contribution is 6.23. The van der Waals surface area contributed by atoms with Crippen molar-refractivity contribution < 1.29 is 23.9 Å². The van der Waals surface area contributed by atoms with Gasteiger partial charge in [0.25, 0.3) is 5.91 Å². The van der Waals surface area contributed by atoms with Gasteiger partial charge in [0.1, 0.15) is 11.8 Å². The molecule has 4 rings (SSSR count). The fraction of sp³-hybridized carbons (Fsp3) is 0.318. The number of nitrogens with zero attached hydrogens (tertiary/aromatic N) is 2. The van der Waals surface area contributed by atoms with Crippen molar-refractivity contribution in [3.63, 3.8) is 0 Å². The lowest BCUT2D eigenvalue weighted by molar-refractivity contribution is -0.131. The average Bonchev–Trinajstić information content (AvgIpc) is 3.02. The Morgan fingerprint density at radius 3 is 2.50 bits per heavy atom. The van der Waals surface area contributed by atoms with Gasteiger partial charge in [-0.25, -0.2) is 4.90 Å². The summed E-state index contributed by atoms with van der Waals surface area (Å²) in [4.78, 5) is 39.9. The zero-order valence-electron chi connectivity index (χ0n) is 16.7. The molecule has 156 valence electrons. The average molecular weight is 409 g/mol. The summed E-state index contributed by atoms with van der Waals surface area (Å²) in [6.07, 6.45) is 0.0574. The Hall–Kier alpha value is -3.39. The number of rotatable bonds is 5. The van der Waals surface area contributed by atoms with Gasteiger partial charge >= 0.3 is 5.97 Å². The number of hydrogen-bond acceptors (Lipinski definition) is 7. The lowest BCUT2D eigenvalue weighted by Gasteiger charge is -2.29. The van der Waals surface area contributed by atoms with Crippen LogP contribution in [-0.4, -0.2) is 50.1 Å². The Labute approximate surface area is 174 Å². The van der Waals surface area contributed by atoms with Crippen molar-refractivity contribution in [2.75, 3.05) is 41.4 Å². The van der Waals surface area contributed by atoms with Crippen LogP contribution in [-0.2, 0) is 19.1 Å². The predicted molar refractivity (Wildman–Crippen MR) is 112 cm³/mol. The van der Waals surface area contributed by atoms with Crippen LogP contribution in [0.3, 0.4) is 0 Å². The van der Waals surface area contributed by atoms with Crippen LogP contribution in [0.15, 0.2) is 48.5 Å². The second-order valence-electron chi connectivity index (χ2n) is 7.21. The molecule has 2 heterocycles. The van der Waals surface area contributed by atoms with E-state index in [0.29, 0.717) is 18.9 Å². The fourth-order valence-electron chi connectivity index (χ4n) is 3.66. The van der Waals surface area contributed by atoms with E-state index in [1.165, 1.54) is 13.0 Å². The van der Waals surface area contributed by atoms with Crippen molar-refractivity contribution in [2.45, 2.75) is 19.4 Å². The predicted octanol–water partition coefficient (Wildman–Crippen LogP) is 2.19. The van der Waals surface area contributed by atoms with Crippen molar-refractivity contribution >= 4 is 34.8 Å². The molecular weight excluding hydrogens is 386 g/mol. The van der Waals surface area contributed by atoms with Gasteiger partial charge in [0, 0.05) is 37.5 Å². The minimum absolute atomic E-state index is 0.0574. The maximum absolute atomic E-state index is 12.9. The SMILES string of the molecule is CC(=O)Oc1cccc(N2C(=O)C[C@H](Nc3ccc(N4CCOCC4)cc3)C2=O)c1. The molecule has 8 nitrogen and oxygen atoms in total. The Morgan fingerprint density at radius 1 is 1.07 bits per heavy atom. The third kappa shape index (κ3) is 4.28. The summed E-state index contributed by atoms with van der Waals surface area (Å²) in [6.45, 7) is 4.43. The second kappa shape index (κ2) is 8.54. The largest absolute Gasteiger partial charge is 0.427 e. The third-order valence-electron chi connectivity index (χ3n) is 5.07. The van der Waals surface area contributed by atoms with Crippen LogP contribution in [0.1, 0.15) is 13.3 Å². The van der Waals surface area contributed by atoms with E-state index in [0.717, 1.165) is 29.4 Å². The molecular formula is C22H23N3O5. The highest BCUT2D eigenvalue weighted by Crippen LogP contribution is 2.28. The van der Waals surface area contributed by atoms with E-state index in [-0.39, 0.29) is 24.0 Å². The van der Waals surface area contributed by atoms with Crippen molar-refractivity contribution in [2.24, 2.45) is 0 Å². The van der Waals surface area contributed by atoms with Crippen LogP contribution in [0, 0.1) is 0 Å². The summed E-state index contributed by atoms with van der Waals surface area (Å²) >= 11 is 0. The molecule has 2 aromatic rings. The first kappa shape index (κ1) is 19.9. The van der Waals surface area contributed by atoms with E-state index in [1.54, 1.807) is 18.2 Å². The van der Waals surface area contributed by atoms with Crippen LogP contribution in [0.2, 0.25) is 0 Å². The van der Waals surface area contributed by atoms with E-state index < -0.39 is 12.0 Å². The van der Waals surface area contributed by atoms with E-state index in [1.807, 2.05) is 24.3 Å². The highest BCUT2D eigenvalue weighted by Gasteiger charge is 2.39. The summed E-state index contributed by atoms with van der Waals surface area (Å²) in [6, 6.07) is 13.5. The molecule has 2 aliphatic rings. The zero-order chi connectivity index (χ0) is 21.1. The number of imide groups is 1. The molecule has 1 atom stereocenters. The molecule has 0 spiro atoms. The fourth-order valence-corrected chi connectivity index (χ4v) is 3.66.